The number of anilines is 1. The molecule has 1 aromatic rings. The molecule has 5 nitrogen and oxygen atoms in total. The molecule has 5 heteroatoms. The molecule has 2 aliphatic rings. The Morgan fingerprint density at radius 3 is 3.00 bits per heavy atom. The molecule has 0 aromatic carbocycles. The molecule has 1 aliphatic carbocycles. The zero-order valence-electron chi connectivity index (χ0n) is 8.47. The van der Waals surface area contributed by atoms with Gasteiger partial charge in [-0.1, -0.05) is 6.42 Å². The van der Waals surface area contributed by atoms with E-state index < -0.39 is 0 Å². The third kappa shape index (κ3) is 1.43. The van der Waals surface area contributed by atoms with E-state index in [0.29, 0.717) is 5.82 Å². The molecule has 0 unspecified atom stereocenters. The van der Waals surface area contributed by atoms with Crippen LogP contribution in [-0.4, -0.2) is 16.1 Å². The fourth-order valence-corrected chi connectivity index (χ4v) is 2.04. The van der Waals surface area contributed by atoms with Crippen molar-refractivity contribution in [2.75, 3.05) is 5.32 Å². The van der Waals surface area contributed by atoms with Crippen LogP contribution in [0.1, 0.15) is 30.5 Å². The van der Waals surface area contributed by atoms with Crippen molar-refractivity contribution in [3.8, 4) is 0 Å². The molecule has 1 amide bonds. The van der Waals surface area contributed by atoms with E-state index in [1.807, 2.05) is 0 Å². The smallest absolute Gasteiger partial charge is 0.228 e. The Bertz CT molecular complexity index is 394. The Labute approximate surface area is 87.6 Å². The lowest BCUT2D eigenvalue weighted by atomic mass is 9.85. The van der Waals surface area contributed by atoms with Crippen LogP contribution >= 0.6 is 0 Å². The topological polar surface area (TPSA) is 69.8 Å². The molecule has 80 valence electrons. The second-order valence-corrected chi connectivity index (χ2v) is 4.25. The van der Waals surface area contributed by atoms with E-state index in [2.05, 4.69) is 20.8 Å². The Kier molecular flexibility index (Phi) is 1.98. The lowest BCUT2D eigenvalue weighted by molar-refractivity contribution is -0.122. The second kappa shape index (κ2) is 3.34. The third-order valence-electron chi connectivity index (χ3n) is 3.27. The number of carbonyl (C=O) groups is 1. The number of rotatable bonds is 2. The zero-order valence-corrected chi connectivity index (χ0v) is 8.47. The lowest BCUT2D eigenvalue weighted by Gasteiger charge is -2.23. The molecule has 1 saturated carbocycles. The molecule has 3 N–H and O–H groups in total. The summed E-state index contributed by atoms with van der Waals surface area (Å²) in [4.78, 5) is 11.7. The predicted molar refractivity (Wildman–Crippen MR) is 55.1 cm³/mol. The first kappa shape index (κ1) is 8.91. The van der Waals surface area contributed by atoms with Gasteiger partial charge in [0.15, 0.2) is 5.82 Å². The highest BCUT2D eigenvalue weighted by atomic mass is 16.2. The standard InChI is InChI=1S/C10H14N4O/c15-10(6-2-1-3-6)12-9-7-4-11-5-8(7)13-14-9/h6,11H,1-5H2,(H2,12,13,14,15). The Balaban J connectivity index is 1.73. The number of hydrogen-bond acceptors (Lipinski definition) is 3. The van der Waals surface area contributed by atoms with E-state index in [1.54, 1.807) is 0 Å². The van der Waals surface area contributed by atoms with Crippen LogP contribution in [0.5, 0.6) is 0 Å². The number of amides is 1. The summed E-state index contributed by atoms with van der Waals surface area (Å²) in [5.41, 5.74) is 2.21. The Hall–Kier alpha value is -1.36. The average molecular weight is 206 g/mol. The average Bonchev–Trinajstić information content (AvgIpc) is 2.66. The van der Waals surface area contributed by atoms with Gasteiger partial charge in [-0.25, -0.2) is 0 Å². The first-order valence-electron chi connectivity index (χ1n) is 5.42. The summed E-state index contributed by atoms with van der Waals surface area (Å²) in [5.74, 6) is 1.06. The number of fused-ring (bicyclic) bond motifs is 1. The van der Waals surface area contributed by atoms with Crippen LogP contribution in [-0.2, 0) is 17.9 Å². The van der Waals surface area contributed by atoms with Gasteiger partial charge in [-0.2, -0.15) is 5.10 Å². The van der Waals surface area contributed by atoms with E-state index in [4.69, 9.17) is 0 Å². The van der Waals surface area contributed by atoms with Gasteiger partial charge in [0.05, 0.1) is 5.69 Å². The van der Waals surface area contributed by atoms with Gasteiger partial charge >= 0.3 is 0 Å². The van der Waals surface area contributed by atoms with Crippen LogP contribution in [0.15, 0.2) is 0 Å². The minimum absolute atomic E-state index is 0.127. The Morgan fingerprint density at radius 1 is 1.40 bits per heavy atom. The second-order valence-electron chi connectivity index (χ2n) is 4.25. The normalized spacial score (nSPS) is 19.7. The highest BCUT2D eigenvalue weighted by Crippen LogP contribution is 2.28. The number of carbonyl (C=O) groups excluding carboxylic acids is 1. The van der Waals surface area contributed by atoms with Crippen LogP contribution < -0.4 is 10.6 Å². The van der Waals surface area contributed by atoms with E-state index in [1.165, 1.54) is 6.42 Å². The molecule has 0 radical (unpaired) electrons. The van der Waals surface area contributed by atoms with Crippen molar-refractivity contribution >= 4 is 11.7 Å². The molecule has 1 aromatic heterocycles. The molecular weight excluding hydrogens is 192 g/mol. The van der Waals surface area contributed by atoms with Crippen LogP contribution in [0, 0.1) is 5.92 Å². The quantitative estimate of drug-likeness (QED) is 0.668. The highest BCUT2D eigenvalue weighted by Gasteiger charge is 2.27. The molecule has 0 atom stereocenters. The number of H-pyrrole nitrogens is 1. The molecule has 3 rings (SSSR count). The van der Waals surface area contributed by atoms with E-state index in [-0.39, 0.29) is 11.8 Å². The van der Waals surface area contributed by atoms with Crippen molar-refractivity contribution in [1.82, 2.24) is 15.5 Å². The van der Waals surface area contributed by atoms with E-state index >= 15 is 0 Å². The number of nitrogens with zero attached hydrogens (tertiary/aromatic N) is 1. The molecule has 0 bridgehead atoms. The molecular formula is C10H14N4O. The van der Waals surface area contributed by atoms with Crippen molar-refractivity contribution < 1.29 is 4.79 Å². The van der Waals surface area contributed by atoms with Gasteiger partial charge in [0, 0.05) is 24.6 Å². The largest absolute Gasteiger partial charge is 0.309 e. The molecule has 15 heavy (non-hydrogen) atoms. The van der Waals surface area contributed by atoms with Crippen LogP contribution in [0.25, 0.3) is 0 Å². The predicted octanol–water partition coefficient (Wildman–Crippen LogP) is 0.751. The van der Waals surface area contributed by atoms with Gasteiger partial charge in [-0.15, -0.1) is 0 Å². The molecule has 0 spiro atoms. The Morgan fingerprint density at radius 2 is 2.27 bits per heavy atom. The van der Waals surface area contributed by atoms with Gasteiger partial charge in [0.25, 0.3) is 0 Å². The number of nitrogens with one attached hydrogen (secondary N) is 3. The number of hydrogen-bond donors (Lipinski definition) is 3. The summed E-state index contributed by atoms with van der Waals surface area (Å²) >= 11 is 0. The molecule has 1 fully saturated rings. The summed E-state index contributed by atoms with van der Waals surface area (Å²) in [6.45, 7) is 1.62. The van der Waals surface area contributed by atoms with Gasteiger partial charge in [-0.3, -0.25) is 9.89 Å². The minimum Gasteiger partial charge on any atom is -0.309 e. The van der Waals surface area contributed by atoms with Crippen LogP contribution in [0.3, 0.4) is 0 Å². The first-order valence-corrected chi connectivity index (χ1v) is 5.42. The molecule has 0 saturated heterocycles. The summed E-state index contributed by atoms with van der Waals surface area (Å²) < 4.78 is 0. The zero-order chi connectivity index (χ0) is 10.3. The van der Waals surface area contributed by atoms with Gasteiger partial charge in [0.2, 0.25) is 5.91 Å². The van der Waals surface area contributed by atoms with E-state index in [9.17, 15) is 4.79 Å². The van der Waals surface area contributed by atoms with Crippen molar-refractivity contribution in [2.45, 2.75) is 32.4 Å². The van der Waals surface area contributed by atoms with Gasteiger partial charge in [-0.05, 0) is 12.8 Å². The fraction of sp³-hybridized carbons (Fsp3) is 0.600. The fourth-order valence-electron chi connectivity index (χ4n) is 2.04. The van der Waals surface area contributed by atoms with E-state index in [0.717, 1.165) is 37.2 Å². The van der Waals surface area contributed by atoms with Crippen molar-refractivity contribution in [2.24, 2.45) is 5.92 Å². The van der Waals surface area contributed by atoms with Gasteiger partial charge < -0.3 is 10.6 Å². The van der Waals surface area contributed by atoms with Crippen LogP contribution in [0.4, 0.5) is 5.82 Å². The highest BCUT2D eigenvalue weighted by molar-refractivity contribution is 5.92. The first-order chi connectivity index (χ1) is 7.34. The summed E-state index contributed by atoms with van der Waals surface area (Å²) in [7, 11) is 0. The monoisotopic (exact) mass is 206 g/mol. The maximum Gasteiger partial charge on any atom is 0.228 e. The SMILES string of the molecule is O=C(Nc1n[nH]c2c1CNC2)C1CCC1. The third-order valence-corrected chi connectivity index (χ3v) is 3.27. The number of aromatic nitrogens is 2. The number of aromatic amines is 1. The maximum atomic E-state index is 11.7. The molecule has 2 heterocycles. The lowest BCUT2D eigenvalue weighted by Crippen LogP contribution is -2.28. The van der Waals surface area contributed by atoms with Crippen molar-refractivity contribution in [3.05, 3.63) is 11.3 Å². The maximum absolute atomic E-state index is 11.7. The summed E-state index contributed by atoms with van der Waals surface area (Å²) in [6.07, 6.45) is 3.23. The minimum atomic E-state index is 0.127. The van der Waals surface area contributed by atoms with Gasteiger partial charge in [0.1, 0.15) is 0 Å². The van der Waals surface area contributed by atoms with Crippen molar-refractivity contribution in [3.63, 3.8) is 0 Å². The molecule has 1 aliphatic heterocycles. The summed E-state index contributed by atoms with van der Waals surface area (Å²) in [5, 5.41) is 13.2. The van der Waals surface area contributed by atoms with Crippen molar-refractivity contribution in [1.29, 1.82) is 0 Å². The summed E-state index contributed by atoms with van der Waals surface area (Å²) in [6, 6.07) is 0. The van der Waals surface area contributed by atoms with Crippen LogP contribution in [0.2, 0.25) is 0 Å².